The van der Waals surface area contributed by atoms with Crippen LogP contribution in [0.15, 0.2) is 281 Å². The number of methoxy groups -OCH3 is 1. The van der Waals surface area contributed by atoms with Crippen molar-refractivity contribution in [3.63, 3.8) is 0 Å². The van der Waals surface area contributed by atoms with Gasteiger partial charge in [0.1, 0.15) is 12.4 Å². The van der Waals surface area contributed by atoms with Crippen LogP contribution in [0.1, 0.15) is 92.9 Å². The van der Waals surface area contributed by atoms with E-state index >= 15 is 0 Å². The van der Waals surface area contributed by atoms with E-state index < -0.39 is 26.7 Å². The highest BCUT2D eigenvalue weighted by molar-refractivity contribution is 7.93. The van der Waals surface area contributed by atoms with Crippen molar-refractivity contribution >= 4 is 80.8 Å². The molecule has 30 nitrogen and oxygen atoms in total. The third-order valence-corrected chi connectivity index (χ3v) is 19.8. The number of carbonyl (C=O) groups is 5. The molecule has 0 bridgehead atoms. The summed E-state index contributed by atoms with van der Waals surface area (Å²) >= 11 is 0. The molecule has 7 heterocycles. The number of nitrogens with zero attached hydrogens (tertiary/aromatic N) is 8. The molecule has 7 aromatic carbocycles. The number of sulfonamides is 1. The van der Waals surface area contributed by atoms with E-state index in [-0.39, 0.29) is 66.5 Å². The zero-order chi connectivity index (χ0) is 87.9. The van der Waals surface area contributed by atoms with Gasteiger partial charge in [-0.1, -0.05) is 270 Å². The first-order valence-electron chi connectivity index (χ1n) is 39.4. The number of hydrogen-bond donors (Lipinski definition) is 6. The summed E-state index contributed by atoms with van der Waals surface area (Å²) in [6.45, 7) is 10.6. The number of halogens is 1. The van der Waals surface area contributed by atoms with Crippen LogP contribution in [0.25, 0.3) is 77.9 Å². The highest BCUT2D eigenvalue weighted by Crippen LogP contribution is 2.36. The third kappa shape index (κ3) is 28.9. The van der Waals surface area contributed by atoms with Crippen LogP contribution in [0, 0.1) is 17.2 Å². The molecule has 0 radical (unpaired) electrons. The topological polar surface area (TPSA) is 396 Å². The number of aromatic nitrogens is 7. The van der Waals surface area contributed by atoms with E-state index in [9.17, 15) is 36.8 Å². The van der Waals surface area contributed by atoms with Crippen LogP contribution in [-0.4, -0.2) is 121 Å². The first-order chi connectivity index (χ1) is 59.4. The summed E-state index contributed by atoms with van der Waals surface area (Å²) in [5.74, 6) is 2.01. The van der Waals surface area contributed by atoms with Gasteiger partial charge >= 0.3 is 5.97 Å². The lowest BCUT2D eigenvalue weighted by atomic mass is 9.87. The Bertz CT molecular complexity index is 5610. The van der Waals surface area contributed by atoms with Gasteiger partial charge in [-0.05, 0) is 90.6 Å². The Kier molecular flexibility index (Phi) is 35.6. The Hall–Kier alpha value is -14.4. The molecule has 1 aliphatic carbocycles. The van der Waals surface area contributed by atoms with Crippen LogP contribution in [0.3, 0.4) is 0 Å². The molecule has 4 amide bonds. The zero-order valence-electron chi connectivity index (χ0n) is 69.8. The number of carbonyl (C=O) groups excluding carboxylic acids is 5. The van der Waals surface area contributed by atoms with Gasteiger partial charge in [-0.2, -0.15) is 0 Å². The molecule has 0 aliphatic heterocycles. The lowest BCUT2D eigenvalue weighted by molar-refractivity contribution is -0.144. The van der Waals surface area contributed by atoms with E-state index in [0.29, 0.717) is 53.3 Å². The molecule has 1 aliphatic rings. The summed E-state index contributed by atoms with van der Waals surface area (Å²) in [4.78, 5) is 60.4. The maximum Gasteiger partial charge on any atom is 0.306 e. The second-order valence-electron chi connectivity index (χ2n) is 28.8. The summed E-state index contributed by atoms with van der Waals surface area (Å²) < 4.78 is 83.8. The molecule has 642 valence electrons. The van der Waals surface area contributed by atoms with Gasteiger partial charge in [-0.15, -0.1) is 0 Å². The van der Waals surface area contributed by atoms with Crippen molar-refractivity contribution in [2.24, 2.45) is 11.3 Å². The Morgan fingerprint density at radius 1 is 0.447 bits per heavy atom. The maximum atomic E-state index is 12.9. The van der Waals surface area contributed by atoms with E-state index in [1.165, 1.54) is 57.1 Å². The highest BCUT2D eigenvalue weighted by atomic mass is 32.2. The van der Waals surface area contributed by atoms with Crippen molar-refractivity contribution in [3.8, 4) is 77.9 Å². The number of benzene rings is 7. The van der Waals surface area contributed by atoms with Crippen molar-refractivity contribution in [3.05, 3.63) is 255 Å². The Morgan fingerprint density at radius 3 is 1.15 bits per heavy atom. The van der Waals surface area contributed by atoms with E-state index in [1.54, 1.807) is 78.5 Å². The van der Waals surface area contributed by atoms with Gasteiger partial charge in [-0.25, -0.2) is 12.8 Å². The molecule has 1 fully saturated rings. The van der Waals surface area contributed by atoms with Crippen LogP contribution < -0.4 is 36.2 Å². The first kappa shape index (κ1) is 92.5. The summed E-state index contributed by atoms with van der Waals surface area (Å²) in [6, 6.07) is 64.1. The lowest BCUT2D eigenvalue weighted by Crippen LogP contribution is -2.27. The average Bonchev–Trinajstić information content (AvgIpc) is 1.73. The summed E-state index contributed by atoms with van der Waals surface area (Å²) in [5, 5.41) is 39.2. The maximum absolute atomic E-state index is 12.9. The van der Waals surface area contributed by atoms with Crippen LogP contribution in [-0.2, 0) is 43.5 Å². The molecule has 6 N–H and O–H groups in total. The van der Waals surface area contributed by atoms with E-state index in [4.69, 9.17) is 41.1 Å². The number of nitrogens with one attached hydrogen (secondary N) is 6. The molecule has 32 heteroatoms. The van der Waals surface area contributed by atoms with E-state index in [2.05, 4.69) is 67.4 Å². The van der Waals surface area contributed by atoms with Crippen molar-refractivity contribution in [2.75, 3.05) is 77.7 Å². The molecule has 1 saturated carbocycles. The zero-order valence-corrected chi connectivity index (χ0v) is 70.6. The van der Waals surface area contributed by atoms with E-state index in [0.717, 1.165) is 79.9 Å². The second-order valence-corrected chi connectivity index (χ2v) is 31.0. The minimum Gasteiger partial charge on any atom is -0.466 e. The molecule has 0 saturated heterocycles. The predicted octanol–water partition coefficient (Wildman–Crippen LogP) is 19.5. The fourth-order valence-corrected chi connectivity index (χ4v) is 12.3. The molecule has 0 spiro atoms. The number of rotatable bonds is 24. The van der Waals surface area contributed by atoms with Gasteiger partial charge in [0.05, 0.1) is 101 Å². The van der Waals surface area contributed by atoms with Crippen LogP contribution in [0.2, 0.25) is 0 Å². The monoisotopic (exact) mass is 1690 g/mol. The van der Waals surface area contributed by atoms with Gasteiger partial charge < -0.3 is 51.4 Å². The fraction of sp³-hybridized carbons (Fsp3) is 0.253. The smallest absolute Gasteiger partial charge is 0.306 e. The number of ether oxygens (including phenoxy) is 2. The molecule has 0 atom stereocenters. The summed E-state index contributed by atoms with van der Waals surface area (Å²) in [5.41, 5.74) is 11.6. The molecular formula is C91H99FN14O16S. The average molecular weight is 1700 g/mol. The Labute approximate surface area is 711 Å². The molecule has 14 aromatic rings. The minimum absolute atomic E-state index is 0.0189. The molecule has 123 heavy (non-hydrogen) atoms. The fourth-order valence-electron chi connectivity index (χ4n) is 11.7. The van der Waals surface area contributed by atoms with Gasteiger partial charge in [-0.3, -0.25) is 50.0 Å². The van der Waals surface area contributed by atoms with Crippen LogP contribution >= 0.6 is 0 Å². The van der Waals surface area contributed by atoms with Gasteiger partial charge in [0, 0.05) is 46.5 Å². The van der Waals surface area contributed by atoms with Crippen molar-refractivity contribution in [1.29, 1.82) is 0 Å². The lowest BCUT2D eigenvalue weighted by Gasteiger charge is -2.20. The van der Waals surface area contributed by atoms with Crippen molar-refractivity contribution in [2.45, 2.75) is 98.2 Å². The molecule has 7 aromatic heterocycles. The highest BCUT2D eigenvalue weighted by Gasteiger charge is 2.26. The number of amides is 4. The second kappa shape index (κ2) is 47.4. The quantitative estimate of drug-likeness (QED) is 0.0306. The largest absolute Gasteiger partial charge is 0.466 e. The van der Waals surface area contributed by atoms with Gasteiger partial charge in [0.15, 0.2) is 0 Å². The Morgan fingerprint density at radius 2 is 0.780 bits per heavy atom. The molecule has 0 unspecified atom stereocenters. The Balaban J connectivity index is 0.000000164. The van der Waals surface area contributed by atoms with Crippen molar-refractivity contribution in [1.82, 2.24) is 36.1 Å². The van der Waals surface area contributed by atoms with Gasteiger partial charge in [0.2, 0.25) is 68.9 Å². The SMILES string of the molecule is CC(C)(C)C(=O)Nc1oncc1-c1ccc(F)cc1.CC(C)S(=O)(=O)Nc1oncc1-c1ccccc1.CCOC(=O)CCC(=O)Nc1oncc1-c1ccccc1.CN(C)c1oncc1-c1ccccc1.CNc1oncc1-c1ccccc1.COCC(=O)Nc1oncc1-c1ccccc1.O=C(CC1CCCCC1)Nc1oncc1-c1ccccc1. The number of anilines is 7. The summed E-state index contributed by atoms with van der Waals surface area (Å²) in [7, 11) is 3.71. The number of hydrogen-bond acceptors (Lipinski definition) is 25. The van der Waals surface area contributed by atoms with Crippen LogP contribution in [0.5, 0.6) is 0 Å². The first-order valence-corrected chi connectivity index (χ1v) is 40.9. The molecular weight excluding hydrogens is 1600 g/mol. The summed E-state index contributed by atoms with van der Waals surface area (Å²) in [6.07, 6.45) is 18.0. The third-order valence-electron chi connectivity index (χ3n) is 18.1. The van der Waals surface area contributed by atoms with Crippen LogP contribution in [0.4, 0.5) is 45.6 Å². The number of esters is 1. The van der Waals surface area contributed by atoms with Crippen molar-refractivity contribution < 1.29 is 77.9 Å². The molecule has 15 rings (SSSR count). The predicted molar refractivity (Wildman–Crippen MR) is 468 cm³/mol. The standard InChI is InChI=1S/C17H20N2O2.C15H16N2O4.C14H15FN2O2.C12H14N2O3S.C12H12N2O3.C11H12N2O.C10H10N2O/c20-16(11-13-7-3-1-4-8-13)19-17-15(12-18-21-17)14-9-5-2-6-10-14;1-2-20-14(19)9-8-13(18)17-15-12(10-16-21-15)11-6-4-3-5-7-11;1-14(2,3)13(18)17-12-11(8-16-19-12)9-4-6-10(15)7-5-9;1-9(2)18(15,16)14-12-11(8-13-17-12)10-6-4-3-5-7-10;1-16-8-11(15)14-12-10(7-13-17-12)9-5-3-2-4-6-9;1-13(2)11-10(8-12-14-11)9-6-4-3-5-7-9;1-11-10-9(7-12-13-10)8-5-3-2-4-6-8/h2,5-6,9-10,12-13H,1,3-4,7-8,11H2,(H,19,20);3-7,10H,2,8-9H2,1H3,(H,17,18);4-8H,1-3H3,(H,17,18);3-9,14H,1-2H3;2-7H,8H2,1H3,(H,14,15);3-8H,1-2H3;2-7,11H,1H3. The van der Waals surface area contributed by atoms with Gasteiger partial charge in [0.25, 0.3) is 5.91 Å². The minimum atomic E-state index is -3.44. The van der Waals surface area contributed by atoms with E-state index in [1.807, 2.05) is 208 Å². The normalized spacial score (nSPS) is 11.5.